The average Bonchev–Trinajstić information content (AvgIpc) is 2.77. The fourth-order valence-electron chi connectivity index (χ4n) is 3.19. The first-order valence-corrected chi connectivity index (χ1v) is 7.44. The summed E-state index contributed by atoms with van der Waals surface area (Å²) in [6.07, 6.45) is 8.25. The Morgan fingerprint density at radius 1 is 1.05 bits per heavy atom. The van der Waals surface area contributed by atoms with E-state index in [1.54, 1.807) is 4.90 Å². The molecule has 0 spiro atoms. The summed E-state index contributed by atoms with van der Waals surface area (Å²) in [5.74, 6) is -0.912. The van der Waals surface area contributed by atoms with Gasteiger partial charge in [0.25, 0.3) is 0 Å². The topological polar surface area (TPSA) is 69.6 Å². The van der Waals surface area contributed by atoms with Gasteiger partial charge in [0.2, 0.25) is 5.91 Å². The van der Waals surface area contributed by atoms with Gasteiger partial charge >= 0.3 is 5.97 Å². The maximum absolute atomic E-state index is 12.6. The summed E-state index contributed by atoms with van der Waals surface area (Å²) in [4.78, 5) is 25.2. The Hall–Kier alpha value is -1.10. The van der Waals surface area contributed by atoms with Gasteiger partial charge in [0, 0.05) is 6.04 Å². The van der Waals surface area contributed by atoms with Crippen molar-refractivity contribution in [3.05, 3.63) is 0 Å². The van der Waals surface area contributed by atoms with Crippen LogP contribution in [-0.2, 0) is 9.59 Å². The zero-order valence-corrected chi connectivity index (χ0v) is 11.4. The molecule has 5 nitrogen and oxygen atoms in total. The van der Waals surface area contributed by atoms with Gasteiger partial charge in [-0.2, -0.15) is 0 Å². The zero-order valence-electron chi connectivity index (χ0n) is 11.4. The van der Waals surface area contributed by atoms with Crippen molar-refractivity contribution in [2.75, 3.05) is 13.1 Å². The van der Waals surface area contributed by atoms with E-state index in [1.165, 1.54) is 0 Å². The van der Waals surface area contributed by atoms with E-state index >= 15 is 0 Å². The van der Waals surface area contributed by atoms with E-state index in [4.69, 9.17) is 5.11 Å². The lowest BCUT2D eigenvalue weighted by molar-refractivity contribution is -0.147. The van der Waals surface area contributed by atoms with Gasteiger partial charge in [-0.25, -0.2) is 0 Å². The molecule has 2 aliphatic rings. The molecule has 2 fully saturated rings. The van der Waals surface area contributed by atoms with Crippen molar-refractivity contribution in [1.29, 1.82) is 0 Å². The quantitative estimate of drug-likeness (QED) is 0.808. The van der Waals surface area contributed by atoms with Gasteiger partial charge < -0.3 is 15.3 Å². The minimum absolute atomic E-state index is 0.00352. The van der Waals surface area contributed by atoms with Crippen molar-refractivity contribution in [2.45, 2.75) is 63.5 Å². The fourth-order valence-corrected chi connectivity index (χ4v) is 3.19. The molecule has 0 aromatic rings. The van der Waals surface area contributed by atoms with Crippen LogP contribution >= 0.6 is 0 Å². The molecular weight excluding hydrogens is 244 g/mol. The first-order chi connectivity index (χ1) is 9.18. The highest BCUT2D eigenvalue weighted by Crippen LogP contribution is 2.24. The lowest BCUT2D eigenvalue weighted by atomic mass is 10.1. The van der Waals surface area contributed by atoms with Crippen LogP contribution in [-0.4, -0.2) is 47.1 Å². The van der Waals surface area contributed by atoms with Crippen LogP contribution in [0.2, 0.25) is 0 Å². The molecule has 1 saturated carbocycles. The van der Waals surface area contributed by atoms with Crippen molar-refractivity contribution in [3.63, 3.8) is 0 Å². The van der Waals surface area contributed by atoms with Crippen LogP contribution in [0.25, 0.3) is 0 Å². The number of rotatable bonds is 4. The third-order valence-corrected chi connectivity index (χ3v) is 4.21. The molecule has 108 valence electrons. The number of hydrogen-bond acceptors (Lipinski definition) is 3. The number of carbonyl (C=O) groups excluding carboxylic acids is 1. The van der Waals surface area contributed by atoms with Crippen molar-refractivity contribution in [3.8, 4) is 0 Å². The molecular formula is C14H24N2O3. The van der Waals surface area contributed by atoms with E-state index in [1.807, 2.05) is 0 Å². The molecule has 1 atom stereocenters. The second kappa shape index (κ2) is 6.89. The lowest BCUT2D eigenvalue weighted by Gasteiger charge is -2.31. The summed E-state index contributed by atoms with van der Waals surface area (Å²) >= 11 is 0. The van der Waals surface area contributed by atoms with E-state index < -0.39 is 5.97 Å². The molecule has 1 amide bonds. The predicted octanol–water partition coefficient (Wildman–Crippen LogP) is 1.37. The largest absolute Gasteiger partial charge is 0.480 e. The third kappa shape index (κ3) is 3.93. The van der Waals surface area contributed by atoms with Crippen molar-refractivity contribution in [2.24, 2.45) is 0 Å². The number of aliphatic carboxylic acids is 1. The molecule has 0 bridgehead atoms. The molecule has 0 aromatic heterocycles. The van der Waals surface area contributed by atoms with Gasteiger partial charge in [-0.3, -0.25) is 9.59 Å². The van der Waals surface area contributed by atoms with Crippen LogP contribution < -0.4 is 5.32 Å². The van der Waals surface area contributed by atoms with E-state index in [9.17, 15) is 9.59 Å². The highest BCUT2D eigenvalue weighted by Gasteiger charge is 2.32. The molecule has 19 heavy (non-hydrogen) atoms. The van der Waals surface area contributed by atoms with Gasteiger partial charge in [0.15, 0.2) is 0 Å². The number of carboxylic acid groups (broad SMARTS) is 1. The van der Waals surface area contributed by atoms with E-state index in [0.29, 0.717) is 0 Å². The van der Waals surface area contributed by atoms with Gasteiger partial charge in [-0.1, -0.05) is 25.7 Å². The Bertz CT molecular complexity index is 319. The Labute approximate surface area is 114 Å². The predicted molar refractivity (Wildman–Crippen MR) is 71.9 cm³/mol. The van der Waals surface area contributed by atoms with E-state index in [2.05, 4.69) is 5.32 Å². The maximum Gasteiger partial charge on any atom is 0.323 e. The van der Waals surface area contributed by atoms with Crippen LogP contribution in [0.1, 0.15) is 51.4 Å². The SMILES string of the molecule is O=C(O)CN(C(=O)C1CCCCCN1)C1CCCC1. The highest BCUT2D eigenvalue weighted by molar-refractivity contribution is 5.85. The molecule has 2 rings (SSSR count). The monoisotopic (exact) mass is 268 g/mol. The number of carbonyl (C=O) groups is 2. The van der Waals surface area contributed by atoms with E-state index in [-0.39, 0.29) is 24.5 Å². The number of hydrogen-bond donors (Lipinski definition) is 2. The molecule has 1 unspecified atom stereocenters. The molecule has 1 aliphatic heterocycles. The smallest absolute Gasteiger partial charge is 0.323 e. The Balaban J connectivity index is 2.02. The van der Waals surface area contributed by atoms with Crippen molar-refractivity contribution < 1.29 is 14.7 Å². The van der Waals surface area contributed by atoms with Crippen LogP contribution in [0.4, 0.5) is 0 Å². The molecule has 5 heteroatoms. The lowest BCUT2D eigenvalue weighted by Crippen LogP contribution is -2.51. The first-order valence-electron chi connectivity index (χ1n) is 7.44. The highest BCUT2D eigenvalue weighted by atomic mass is 16.4. The molecule has 2 N–H and O–H groups in total. The van der Waals surface area contributed by atoms with Crippen LogP contribution in [0, 0.1) is 0 Å². The number of amides is 1. The minimum Gasteiger partial charge on any atom is -0.480 e. The Kier molecular flexibility index (Phi) is 5.19. The second-order valence-electron chi connectivity index (χ2n) is 5.65. The van der Waals surface area contributed by atoms with Crippen molar-refractivity contribution in [1.82, 2.24) is 10.2 Å². The molecule has 0 radical (unpaired) electrons. The summed E-state index contributed by atoms with van der Waals surface area (Å²) in [7, 11) is 0. The first kappa shape index (κ1) is 14.3. The normalized spacial score (nSPS) is 24.9. The van der Waals surface area contributed by atoms with Gasteiger partial charge in [-0.15, -0.1) is 0 Å². The fraction of sp³-hybridized carbons (Fsp3) is 0.857. The Morgan fingerprint density at radius 3 is 2.42 bits per heavy atom. The standard InChI is InChI=1S/C14H24N2O3/c17-13(18)10-16(11-6-3-4-7-11)14(19)12-8-2-1-5-9-15-12/h11-12,15H,1-10H2,(H,17,18). The molecule has 0 aromatic carbocycles. The summed E-state index contributed by atoms with van der Waals surface area (Å²) in [6, 6.07) is -0.0453. The summed E-state index contributed by atoms with van der Waals surface area (Å²) in [5.41, 5.74) is 0. The minimum atomic E-state index is -0.908. The second-order valence-corrected chi connectivity index (χ2v) is 5.65. The van der Waals surface area contributed by atoms with Crippen LogP contribution in [0.3, 0.4) is 0 Å². The number of carboxylic acids is 1. The average molecular weight is 268 g/mol. The molecule has 1 heterocycles. The van der Waals surface area contributed by atoms with Gasteiger partial charge in [-0.05, 0) is 32.2 Å². The Morgan fingerprint density at radius 2 is 1.74 bits per heavy atom. The van der Waals surface area contributed by atoms with Crippen LogP contribution in [0.5, 0.6) is 0 Å². The third-order valence-electron chi connectivity index (χ3n) is 4.21. The van der Waals surface area contributed by atoms with Crippen LogP contribution in [0.15, 0.2) is 0 Å². The summed E-state index contributed by atoms with van der Waals surface area (Å²) in [5, 5.41) is 12.3. The maximum atomic E-state index is 12.6. The molecule has 1 aliphatic carbocycles. The summed E-state index contributed by atoms with van der Waals surface area (Å²) < 4.78 is 0. The number of nitrogens with one attached hydrogen (secondary N) is 1. The van der Waals surface area contributed by atoms with Gasteiger partial charge in [0.05, 0.1) is 6.04 Å². The molecule has 1 saturated heterocycles. The van der Waals surface area contributed by atoms with E-state index in [0.717, 1.165) is 57.9 Å². The van der Waals surface area contributed by atoms with Gasteiger partial charge in [0.1, 0.15) is 6.54 Å². The zero-order chi connectivity index (χ0) is 13.7. The number of nitrogens with zero attached hydrogens (tertiary/aromatic N) is 1. The van der Waals surface area contributed by atoms with Crippen molar-refractivity contribution >= 4 is 11.9 Å². The summed E-state index contributed by atoms with van der Waals surface area (Å²) in [6.45, 7) is 0.712.